The zero-order valence-electron chi connectivity index (χ0n) is 4.66. The molecule has 0 atom stereocenters. The number of carbonyl (C=O) groups is 1. The Labute approximate surface area is 57.8 Å². The monoisotopic (exact) mass is 279 g/mol. The molecule has 0 heterocycles. The van der Waals surface area contributed by atoms with E-state index in [2.05, 4.69) is 0 Å². The van der Waals surface area contributed by atoms with E-state index >= 15 is 0 Å². The van der Waals surface area contributed by atoms with Crippen molar-refractivity contribution in [1.82, 2.24) is 0 Å². The van der Waals surface area contributed by atoms with Crippen LogP contribution in [-0.2, 0) is 24.9 Å². The molecule has 7 heavy (non-hydrogen) atoms. The molecule has 0 saturated heterocycles. The van der Waals surface area contributed by atoms with Crippen molar-refractivity contribution in [3.05, 3.63) is 0 Å². The molecule has 0 aromatic heterocycles. The summed E-state index contributed by atoms with van der Waals surface area (Å²) in [6.07, 6.45) is 1.72. The smallest absolute Gasteiger partial charge is 0.300 e. The average Bonchev–Trinajstić information content (AvgIpc) is 1.35. The van der Waals surface area contributed by atoms with Gasteiger partial charge in [-0.3, -0.25) is 0 Å². The third kappa shape index (κ3) is 10.7. The fourth-order valence-corrected chi connectivity index (χ4v) is 0.352. The minimum atomic E-state index is 0. The first-order chi connectivity index (χ1) is 2.77. The minimum absolute atomic E-state index is 0. The van der Waals surface area contributed by atoms with Gasteiger partial charge >= 0.3 is 20.1 Å². The summed E-state index contributed by atoms with van der Waals surface area (Å²) in [4.78, 5) is 10.0. The van der Waals surface area contributed by atoms with Crippen LogP contribution in [0.15, 0.2) is 0 Å². The summed E-state index contributed by atoms with van der Waals surface area (Å²) in [5, 5.41) is 0. The number of hydrogen-bond acceptors (Lipinski definition) is 1. The van der Waals surface area contributed by atoms with Gasteiger partial charge in [0.15, 0.2) is 0 Å². The van der Waals surface area contributed by atoms with E-state index in [1.165, 1.54) is 0 Å². The zero-order chi connectivity index (χ0) is 4.99. The quantitative estimate of drug-likeness (QED) is 0.746. The second kappa shape index (κ2) is 6.32. The van der Waals surface area contributed by atoms with Crippen molar-refractivity contribution in [2.45, 2.75) is 26.7 Å². The third-order valence-electron chi connectivity index (χ3n) is 0.602. The molecule has 42 valence electrons. The van der Waals surface area contributed by atoms with Gasteiger partial charge in [-0.2, -0.15) is 0 Å². The van der Waals surface area contributed by atoms with E-state index in [4.69, 9.17) is 0 Å². The van der Waals surface area contributed by atoms with Gasteiger partial charge in [-0.05, 0) is 13.3 Å². The molecule has 1 nitrogen and oxygen atoms in total. The van der Waals surface area contributed by atoms with E-state index < -0.39 is 0 Å². The molecule has 0 aliphatic carbocycles. The molecular weight excluding hydrogens is 268 g/mol. The number of carbonyl (C=O) groups excluding carboxylic acids is 1. The van der Waals surface area contributed by atoms with Crippen molar-refractivity contribution >= 4 is 5.78 Å². The van der Waals surface area contributed by atoms with E-state index in [0.29, 0.717) is 0 Å². The van der Waals surface area contributed by atoms with Crippen LogP contribution >= 0.6 is 0 Å². The van der Waals surface area contributed by atoms with Crippen molar-refractivity contribution in [2.24, 2.45) is 0 Å². The van der Waals surface area contributed by atoms with E-state index in [-0.39, 0.29) is 25.9 Å². The SMILES string of the molecule is CCCC(C)=O.[Ir+3]. The number of Topliss-reactive ketones (excluding diaryl/α,β-unsaturated/α-hetero) is 1. The maximum atomic E-state index is 10.0. The van der Waals surface area contributed by atoms with Crippen LogP contribution in [0.4, 0.5) is 0 Å². The standard InChI is InChI=1S/C5H10O.Ir/c1-3-4-5(2)6;/h3-4H2,1-2H3;/q;+3. The van der Waals surface area contributed by atoms with Gasteiger partial charge in [0.05, 0.1) is 0 Å². The second-order valence-corrected chi connectivity index (χ2v) is 1.45. The molecule has 0 spiro atoms. The molecular formula is C5H10IrO+3. The summed E-state index contributed by atoms with van der Waals surface area (Å²) in [6.45, 7) is 3.62. The Morgan fingerprint density at radius 2 is 2.00 bits per heavy atom. The average molecular weight is 278 g/mol. The first kappa shape index (κ1) is 10.3. The predicted molar refractivity (Wildman–Crippen MR) is 25.6 cm³/mol. The van der Waals surface area contributed by atoms with Crippen molar-refractivity contribution in [3.8, 4) is 0 Å². The maximum Gasteiger partial charge on any atom is 3.00 e. The number of rotatable bonds is 2. The molecule has 0 fully saturated rings. The van der Waals surface area contributed by atoms with Gasteiger partial charge in [-0.25, -0.2) is 0 Å². The van der Waals surface area contributed by atoms with Crippen molar-refractivity contribution in [1.29, 1.82) is 0 Å². The van der Waals surface area contributed by atoms with Crippen LogP contribution in [0.2, 0.25) is 0 Å². The van der Waals surface area contributed by atoms with Crippen LogP contribution in [0.3, 0.4) is 0 Å². The topological polar surface area (TPSA) is 17.1 Å². The van der Waals surface area contributed by atoms with Gasteiger partial charge in [0.2, 0.25) is 0 Å². The minimum Gasteiger partial charge on any atom is -0.300 e. The van der Waals surface area contributed by atoms with Gasteiger partial charge in [-0.1, -0.05) is 6.92 Å². The summed E-state index contributed by atoms with van der Waals surface area (Å²) in [5.41, 5.74) is 0. The van der Waals surface area contributed by atoms with Gasteiger partial charge < -0.3 is 4.79 Å². The molecule has 0 unspecified atom stereocenters. The Bertz CT molecular complexity index is 52.0. The molecule has 0 radical (unpaired) electrons. The molecule has 0 N–H and O–H groups in total. The largest absolute Gasteiger partial charge is 3.00 e. The van der Waals surface area contributed by atoms with Crippen molar-refractivity contribution in [3.63, 3.8) is 0 Å². The molecule has 0 aliphatic rings. The molecule has 2 heteroatoms. The van der Waals surface area contributed by atoms with Gasteiger partial charge in [0.1, 0.15) is 5.78 Å². The fraction of sp³-hybridized carbons (Fsp3) is 0.800. The normalized spacial score (nSPS) is 7.14. The van der Waals surface area contributed by atoms with Crippen LogP contribution in [-0.4, -0.2) is 5.78 Å². The van der Waals surface area contributed by atoms with Crippen LogP contribution < -0.4 is 0 Å². The van der Waals surface area contributed by atoms with Gasteiger partial charge in [-0.15, -0.1) is 0 Å². The zero-order valence-corrected chi connectivity index (χ0v) is 7.05. The summed E-state index contributed by atoms with van der Waals surface area (Å²) in [7, 11) is 0. The number of ketones is 1. The number of hydrogen-bond donors (Lipinski definition) is 0. The molecule has 0 aromatic rings. The molecule has 0 aromatic carbocycles. The molecule has 0 aliphatic heterocycles. The first-order valence-corrected chi connectivity index (χ1v) is 2.26. The maximum absolute atomic E-state index is 10.0. The molecule has 0 rings (SSSR count). The predicted octanol–water partition coefficient (Wildman–Crippen LogP) is 1.37. The van der Waals surface area contributed by atoms with Crippen LogP contribution in [0, 0.1) is 0 Å². The molecule has 0 amide bonds. The van der Waals surface area contributed by atoms with Crippen LogP contribution in [0.5, 0.6) is 0 Å². The Hall–Kier alpha value is 0.319. The van der Waals surface area contributed by atoms with Gasteiger partial charge in [0.25, 0.3) is 0 Å². The van der Waals surface area contributed by atoms with E-state index in [1.807, 2.05) is 6.92 Å². The van der Waals surface area contributed by atoms with E-state index in [0.717, 1.165) is 12.8 Å². The van der Waals surface area contributed by atoms with E-state index in [9.17, 15) is 4.79 Å². The first-order valence-electron chi connectivity index (χ1n) is 2.26. The fourth-order valence-electron chi connectivity index (χ4n) is 0.352. The Morgan fingerprint density at radius 1 is 1.57 bits per heavy atom. The Morgan fingerprint density at radius 3 is 2.00 bits per heavy atom. The van der Waals surface area contributed by atoms with Crippen molar-refractivity contribution in [2.75, 3.05) is 0 Å². The van der Waals surface area contributed by atoms with Gasteiger partial charge in [0, 0.05) is 6.42 Å². The molecule has 0 bridgehead atoms. The second-order valence-electron chi connectivity index (χ2n) is 1.45. The summed E-state index contributed by atoms with van der Waals surface area (Å²) >= 11 is 0. The third-order valence-corrected chi connectivity index (χ3v) is 0.602. The summed E-state index contributed by atoms with van der Waals surface area (Å²) in [5.74, 6) is 0.289. The summed E-state index contributed by atoms with van der Waals surface area (Å²) < 4.78 is 0. The van der Waals surface area contributed by atoms with Crippen LogP contribution in [0.1, 0.15) is 26.7 Å². The van der Waals surface area contributed by atoms with E-state index in [1.54, 1.807) is 6.92 Å². The van der Waals surface area contributed by atoms with Crippen molar-refractivity contribution < 1.29 is 24.9 Å². The Kier molecular flexibility index (Phi) is 9.33. The van der Waals surface area contributed by atoms with Crippen LogP contribution in [0.25, 0.3) is 0 Å². The summed E-state index contributed by atoms with van der Waals surface area (Å²) in [6, 6.07) is 0. The Balaban J connectivity index is 0. The molecule has 0 saturated carbocycles.